The lowest BCUT2D eigenvalue weighted by atomic mass is 9.93. The van der Waals surface area contributed by atoms with Gasteiger partial charge in [0.1, 0.15) is 0 Å². The smallest absolute Gasteiger partial charge is 0.224 e. The number of piperidine rings is 1. The summed E-state index contributed by atoms with van der Waals surface area (Å²) in [7, 11) is 0. The van der Waals surface area contributed by atoms with Crippen molar-refractivity contribution in [2.75, 3.05) is 18.4 Å². The number of nitrogens with one attached hydrogen (secondary N) is 1. The summed E-state index contributed by atoms with van der Waals surface area (Å²) in [5.74, 6) is 0.515. The molecule has 3 rings (SSSR count). The van der Waals surface area contributed by atoms with Gasteiger partial charge in [0.15, 0.2) is 0 Å². The second kappa shape index (κ2) is 9.24. The molecular weight excluding hydrogens is 368 g/mol. The molecule has 0 bridgehead atoms. The lowest BCUT2D eigenvalue weighted by Gasteiger charge is -2.32. The summed E-state index contributed by atoms with van der Waals surface area (Å²) in [6, 6.07) is 1.94. The highest BCUT2D eigenvalue weighted by Gasteiger charge is 2.25. The molecule has 2 amide bonds. The van der Waals surface area contributed by atoms with Gasteiger partial charge in [0.25, 0.3) is 0 Å². The average Bonchev–Trinajstić information content (AvgIpc) is 3.23. The van der Waals surface area contributed by atoms with Crippen molar-refractivity contribution in [1.29, 1.82) is 0 Å². The average molecular weight is 401 g/mol. The number of anilines is 1. The van der Waals surface area contributed by atoms with E-state index in [0.29, 0.717) is 25.3 Å². The van der Waals surface area contributed by atoms with E-state index in [1.807, 2.05) is 48.0 Å². The SMILES string of the molecule is CCn1nc(C)c(NC(=O)CC2CCN(C(=O)CCn3nccc3C)CC2)c1C. The van der Waals surface area contributed by atoms with Crippen LogP contribution < -0.4 is 5.32 Å². The van der Waals surface area contributed by atoms with Gasteiger partial charge in [-0.1, -0.05) is 0 Å². The molecule has 1 fully saturated rings. The van der Waals surface area contributed by atoms with Crippen LogP contribution >= 0.6 is 0 Å². The van der Waals surface area contributed by atoms with Crippen LogP contribution in [0.15, 0.2) is 12.3 Å². The van der Waals surface area contributed by atoms with Crippen LogP contribution in [0.4, 0.5) is 5.69 Å². The Hall–Kier alpha value is -2.64. The molecule has 0 aliphatic carbocycles. The third kappa shape index (κ3) is 5.05. The first-order valence-electron chi connectivity index (χ1n) is 10.5. The van der Waals surface area contributed by atoms with Crippen LogP contribution in [-0.2, 0) is 22.7 Å². The Morgan fingerprint density at radius 3 is 2.48 bits per heavy atom. The maximum absolute atomic E-state index is 12.5. The van der Waals surface area contributed by atoms with Gasteiger partial charge in [-0.25, -0.2) is 0 Å². The van der Waals surface area contributed by atoms with E-state index < -0.39 is 0 Å². The van der Waals surface area contributed by atoms with E-state index in [1.165, 1.54) is 0 Å². The number of nitrogens with zero attached hydrogens (tertiary/aromatic N) is 5. The third-order valence-corrected chi connectivity index (χ3v) is 5.85. The van der Waals surface area contributed by atoms with Crippen molar-refractivity contribution in [3.63, 3.8) is 0 Å². The molecule has 0 spiro atoms. The molecule has 29 heavy (non-hydrogen) atoms. The fourth-order valence-corrected chi connectivity index (χ4v) is 4.02. The van der Waals surface area contributed by atoms with Crippen LogP contribution in [0, 0.1) is 26.7 Å². The van der Waals surface area contributed by atoms with Crippen LogP contribution in [0.3, 0.4) is 0 Å². The molecule has 8 nitrogen and oxygen atoms in total. The second-order valence-electron chi connectivity index (χ2n) is 7.88. The van der Waals surface area contributed by atoms with Gasteiger partial charge < -0.3 is 10.2 Å². The van der Waals surface area contributed by atoms with Crippen LogP contribution in [0.5, 0.6) is 0 Å². The number of carbonyl (C=O) groups is 2. The van der Waals surface area contributed by atoms with Crippen molar-refractivity contribution in [3.8, 4) is 0 Å². The van der Waals surface area contributed by atoms with Gasteiger partial charge in [0.2, 0.25) is 11.8 Å². The zero-order valence-corrected chi connectivity index (χ0v) is 17.9. The summed E-state index contributed by atoms with van der Waals surface area (Å²) in [5.41, 5.74) is 3.74. The van der Waals surface area contributed by atoms with Gasteiger partial charge in [-0.2, -0.15) is 10.2 Å². The minimum Gasteiger partial charge on any atom is -0.343 e. The predicted molar refractivity (Wildman–Crippen MR) is 112 cm³/mol. The van der Waals surface area contributed by atoms with E-state index in [0.717, 1.165) is 55.2 Å². The van der Waals surface area contributed by atoms with Crippen LogP contribution in [-0.4, -0.2) is 49.4 Å². The fraction of sp³-hybridized carbons (Fsp3) is 0.619. The molecule has 8 heteroatoms. The molecule has 3 heterocycles. The molecule has 0 unspecified atom stereocenters. The molecule has 158 valence electrons. The number of aromatic nitrogens is 4. The predicted octanol–water partition coefficient (Wildman–Crippen LogP) is 2.68. The summed E-state index contributed by atoms with van der Waals surface area (Å²) in [6.45, 7) is 10.8. The molecule has 0 radical (unpaired) electrons. The number of rotatable bonds is 7. The van der Waals surface area contributed by atoms with E-state index in [-0.39, 0.29) is 11.8 Å². The Labute approximate surface area is 172 Å². The lowest BCUT2D eigenvalue weighted by Crippen LogP contribution is -2.39. The van der Waals surface area contributed by atoms with Gasteiger partial charge in [-0.15, -0.1) is 0 Å². The molecule has 1 aliphatic heterocycles. The standard InChI is InChI=1S/C21H32N6O2/c1-5-26-17(4)21(16(3)24-26)23-19(28)14-18-7-11-25(12-8-18)20(29)9-13-27-15(2)6-10-22-27/h6,10,18H,5,7-9,11-14H2,1-4H3,(H,23,28). The highest BCUT2D eigenvalue weighted by molar-refractivity contribution is 5.92. The zero-order chi connectivity index (χ0) is 21.0. The largest absolute Gasteiger partial charge is 0.343 e. The van der Waals surface area contributed by atoms with E-state index in [4.69, 9.17) is 0 Å². The highest BCUT2D eigenvalue weighted by atomic mass is 16.2. The minimum atomic E-state index is 0.0331. The molecule has 2 aromatic rings. The Balaban J connectivity index is 1.43. The molecule has 0 atom stereocenters. The van der Waals surface area contributed by atoms with Gasteiger partial charge in [-0.05, 0) is 52.5 Å². The molecule has 0 aromatic carbocycles. The number of aryl methyl sites for hydroxylation is 4. The lowest BCUT2D eigenvalue weighted by molar-refractivity contribution is -0.133. The zero-order valence-electron chi connectivity index (χ0n) is 17.9. The Kier molecular flexibility index (Phi) is 6.71. The quantitative estimate of drug-likeness (QED) is 0.774. The van der Waals surface area contributed by atoms with Gasteiger partial charge in [0, 0.05) is 50.9 Å². The van der Waals surface area contributed by atoms with Crippen molar-refractivity contribution in [1.82, 2.24) is 24.5 Å². The monoisotopic (exact) mass is 400 g/mol. The fourth-order valence-electron chi connectivity index (χ4n) is 4.02. The minimum absolute atomic E-state index is 0.0331. The summed E-state index contributed by atoms with van der Waals surface area (Å²) in [4.78, 5) is 26.9. The van der Waals surface area contributed by atoms with Crippen molar-refractivity contribution >= 4 is 17.5 Å². The first kappa shape index (κ1) is 21.1. The van der Waals surface area contributed by atoms with Crippen molar-refractivity contribution in [2.24, 2.45) is 5.92 Å². The topological polar surface area (TPSA) is 85.0 Å². The molecule has 1 saturated heterocycles. The maximum atomic E-state index is 12.5. The van der Waals surface area contributed by atoms with Crippen molar-refractivity contribution in [2.45, 2.75) is 66.5 Å². The summed E-state index contributed by atoms with van der Waals surface area (Å²) in [6.07, 6.45) is 4.45. The van der Waals surface area contributed by atoms with Crippen LogP contribution in [0.25, 0.3) is 0 Å². The molecule has 2 aromatic heterocycles. The molecule has 1 aliphatic rings. The van der Waals surface area contributed by atoms with Crippen molar-refractivity contribution < 1.29 is 9.59 Å². The molecule has 1 N–H and O–H groups in total. The summed E-state index contributed by atoms with van der Waals surface area (Å²) in [5, 5.41) is 11.7. The van der Waals surface area contributed by atoms with E-state index in [2.05, 4.69) is 15.5 Å². The van der Waals surface area contributed by atoms with Gasteiger partial charge in [-0.3, -0.25) is 19.0 Å². The van der Waals surface area contributed by atoms with E-state index in [1.54, 1.807) is 6.20 Å². The second-order valence-corrected chi connectivity index (χ2v) is 7.88. The van der Waals surface area contributed by atoms with Crippen LogP contribution in [0.1, 0.15) is 49.7 Å². The number of carbonyl (C=O) groups excluding carboxylic acids is 2. The van der Waals surface area contributed by atoms with Crippen molar-refractivity contribution in [3.05, 3.63) is 29.3 Å². The normalized spacial score (nSPS) is 15.0. The third-order valence-electron chi connectivity index (χ3n) is 5.85. The molecular formula is C21H32N6O2. The maximum Gasteiger partial charge on any atom is 0.224 e. The first-order valence-corrected chi connectivity index (χ1v) is 10.5. The van der Waals surface area contributed by atoms with Crippen LogP contribution in [0.2, 0.25) is 0 Å². The van der Waals surface area contributed by atoms with E-state index >= 15 is 0 Å². The number of amides is 2. The molecule has 0 saturated carbocycles. The Bertz CT molecular complexity index is 861. The summed E-state index contributed by atoms with van der Waals surface area (Å²) < 4.78 is 3.76. The summed E-state index contributed by atoms with van der Waals surface area (Å²) >= 11 is 0. The Morgan fingerprint density at radius 2 is 1.90 bits per heavy atom. The number of hydrogen-bond acceptors (Lipinski definition) is 4. The first-order chi connectivity index (χ1) is 13.9. The Morgan fingerprint density at radius 1 is 1.17 bits per heavy atom. The number of likely N-dealkylation sites (tertiary alicyclic amines) is 1. The highest BCUT2D eigenvalue weighted by Crippen LogP contribution is 2.24. The van der Waals surface area contributed by atoms with Gasteiger partial charge >= 0.3 is 0 Å². The van der Waals surface area contributed by atoms with Gasteiger partial charge in [0.05, 0.1) is 17.1 Å². The van der Waals surface area contributed by atoms with E-state index in [9.17, 15) is 9.59 Å². The number of hydrogen-bond donors (Lipinski definition) is 1.